The molecule has 0 saturated heterocycles. The summed E-state index contributed by atoms with van der Waals surface area (Å²) in [6, 6.07) is 8.99. The van der Waals surface area contributed by atoms with Gasteiger partial charge in [0.05, 0.1) is 25.3 Å². The summed E-state index contributed by atoms with van der Waals surface area (Å²) >= 11 is 0. The lowest BCUT2D eigenvalue weighted by Crippen LogP contribution is -2.25. The van der Waals surface area contributed by atoms with E-state index in [2.05, 4.69) is 37.8 Å². The van der Waals surface area contributed by atoms with Crippen LogP contribution in [0.3, 0.4) is 0 Å². The molecular weight excluding hydrogens is 547 g/mol. The van der Waals surface area contributed by atoms with Crippen molar-refractivity contribution < 1.29 is 33.0 Å². The van der Waals surface area contributed by atoms with E-state index in [9.17, 15) is 14.3 Å². The minimum Gasteiger partial charge on any atom is -0.487 e. The number of hydrogen-bond donors (Lipinski definition) is 1. The summed E-state index contributed by atoms with van der Waals surface area (Å²) < 4.78 is 38.5. The molecule has 41 heavy (non-hydrogen) atoms. The van der Waals surface area contributed by atoms with Gasteiger partial charge in [0.15, 0.2) is 17.3 Å². The predicted molar refractivity (Wildman–Crippen MR) is 156 cm³/mol. The molecule has 8 nitrogen and oxygen atoms in total. The van der Waals surface area contributed by atoms with Gasteiger partial charge in [-0.1, -0.05) is 45.0 Å². The van der Waals surface area contributed by atoms with Crippen LogP contribution in [0, 0.1) is 22.6 Å². The molecule has 0 amide bonds. The second-order valence-corrected chi connectivity index (χ2v) is 12.3. The van der Waals surface area contributed by atoms with E-state index in [1.165, 1.54) is 13.2 Å². The van der Waals surface area contributed by atoms with Gasteiger partial charge in [-0.25, -0.2) is 9.37 Å². The number of nitrogens with zero attached hydrogens (tertiary/aromatic N) is 2. The van der Waals surface area contributed by atoms with Crippen LogP contribution in [-0.4, -0.2) is 34.4 Å². The van der Waals surface area contributed by atoms with Gasteiger partial charge in [0.2, 0.25) is 11.6 Å². The summed E-state index contributed by atoms with van der Waals surface area (Å²) in [5.41, 5.74) is 1.58. The Kier molecular flexibility index (Phi) is 8.92. The Bertz CT molecular complexity index is 1370. The Morgan fingerprint density at radius 2 is 1.88 bits per heavy atom. The number of aliphatic carboxylic acids is 1. The molecule has 2 heterocycles. The molecule has 10 heteroatoms. The van der Waals surface area contributed by atoms with Gasteiger partial charge in [0, 0.05) is 6.07 Å². The van der Waals surface area contributed by atoms with E-state index >= 15 is 0 Å². The third kappa shape index (κ3) is 6.63. The molecule has 0 unspecified atom stereocenters. The van der Waals surface area contributed by atoms with Crippen molar-refractivity contribution >= 4 is 19.5 Å². The molecule has 2 aliphatic carbocycles. The highest BCUT2D eigenvalue weighted by atomic mass is 32.1. The molecule has 1 atom stereocenters. The van der Waals surface area contributed by atoms with Crippen LogP contribution >= 0.6 is 13.5 Å². The van der Waals surface area contributed by atoms with Crippen LogP contribution in [0.2, 0.25) is 0 Å². The van der Waals surface area contributed by atoms with Gasteiger partial charge < -0.3 is 23.8 Å². The number of halogens is 1. The number of pyridine rings is 1. The van der Waals surface area contributed by atoms with E-state index in [-0.39, 0.29) is 66.6 Å². The summed E-state index contributed by atoms with van der Waals surface area (Å²) in [5.74, 6) is 0.268. The third-order valence-corrected chi connectivity index (χ3v) is 8.84. The smallest absolute Gasteiger partial charge is 0.303 e. The largest absolute Gasteiger partial charge is 0.487 e. The Hall–Kier alpha value is -3.27. The zero-order chi connectivity index (χ0) is 28.7. The van der Waals surface area contributed by atoms with Crippen molar-refractivity contribution in [1.29, 1.82) is 0 Å². The number of aromatic nitrogens is 2. The normalized spacial score (nSPS) is 18.4. The Morgan fingerprint density at radius 3 is 2.51 bits per heavy atom. The van der Waals surface area contributed by atoms with Crippen molar-refractivity contribution in [3.63, 3.8) is 0 Å². The molecule has 1 N–H and O–H groups in total. The van der Waals surface area contributed by atoms with Gasteiger partial charge in [0.25, 0.3) is 0 Å². The standard InChI is InChI=1S/C31H37FN2O6.H2S/c1-30(2)14-21(15-31(30,3)4)39-29-25(34-40-28(29)23-12-26(37-5)33-16-24(23)32)17-38-20-8-6-7-19(11-20)22(13-27(35)36)18-9-10-18;/h6-8,11-12,16,18,21-22H,9-10,13-15,17H2,1-5H3,(H,35,36);1H2/t22-;/m0./s1. The molecule has 0 aliphatic heterocycles. The highest BCUT2D eigenvalue weighted by molar-refractivity contribution is 7.59. The van der Waals surface area contributed by atoms with Crippen molar-refractivity contribution in [2.75, 3.05) is 7.11 Å². The first-order valence-corrected chi connectivity index (χ1v) is 13.8. The van der Waals surface area contributed by atoms with Crippen molar-refractivity contribution in [2.45, 2.75) is 78.4 Å². The molecule has 2 aliphatic rings. The SMILES string of the molecule is COc1cc(-c2onc(COc3cccc([C@@H](CC(=O)O)C4CC4)c3)c2OC2CC(C)(C)C(C)(C)C2)c(F)cn1.S. The van der Waals surface area contributed by atoms with Gasteiger partial charge in [-0.05, 0) is 66.0 Å². The zero-order valence-electron chi connectivity index (χ0n) is 24.2. The third-order valence-electron chi connectivity index (χ3n) is 8.84. The van der Waals surface area contributed by atoms with Crippen LogP contribution in [0.5, 0.6) is 17.4 Å². The molecule has 5 rings (SSSR count). The van der Waals surface area contributed by atoms with Crippen LogP contribution in [0.1, 0.15) is 77.0 Å². The predicted octanol–water partition coefficient (Wildman–Crippen LogP) is 7.14. The number of carbonyl (C=O) groups is 1. The van der Waals surface area contributed by atoms with Crippen LogP contribution in [0.4, 0.5) is 4.39 Å². The van der Waals surface area contributed by atoms with Crippen molar-refractivity contribution in [1.82, 2.24) is 10.1 Å². The van der Waals surface area contributed by atoms with Gasteiger partial charge in [0.1, 0.15) is 18.5 Å². The zero-order valence-corrected chi connectivity index (χ0v) is 25.2. The summed E-state index contributed by atoms with van der Waals surface area (Å²) in [6.45, 7) is 8.95. The van der Waals surface area contributed by atoms with Crippen LogP contribution < -0.4 is 14.2 Å². The van der Waals surface area contributed by atoms with Gasteiger partial charge in [-0.2, -0.15) is 13.5 Å². The lowest BCUT2D eigenvalue weighted by molar-refractivity contribution is -0.137. The molecule has 0 spiro atoms. The Morgan fingerprint density at radius 1 is 1.17 bits per heavy atom. The topological polar surface area (TPSA) is 104 Å². The molecule has 1 aromatic carbocycles. The highest BCUT2D eigenvalue weighted by Gasteiger charge is 2.48. The molecule has 2 aromatic heterocycles. The fourth-order valence-corrected chi connectivity index (χ4v) is 5.65. The minimum absolute atomic E-state index is 0. The van der Waals surface area contributed by atoms with Crippen molar-refractivity contribution in [3.8, 4) is 28.7 Å². The van der Waals surface area contributed by atoms with Crippen molar-refractivity contribution in [3.05, 3.63) is 53.6 Å². The highest BCUT2D eigenvalue weighted by Crippen LogP contribution is 2.53. The fraction of sp³-hybridized carbons (Fsp3) is 0.516. The first kappa shape index (κ1) is 30.7. The minimum atomic E-state index is -0.807. The quantitative estimate of drug-likeness (QED) is 0.253. The van der Waals surface area contributed by atoms with Gasteiger partial charge in [-0.3, -0.25) is 4.79 Å². The molecule has 3 aromatic rings. The maximum Gasteiger partial charge on any atom is 0.303 e. The first-order valence-electron chi connectivity index (χ1n) is 13.8. The number of ether oxygens (including phenoxy) is 3. The second kappa shape index (κ2) is 11.9. The lowest BCUT2D eigenvalue weighted by atomic mass is 9.71. The summed E-state index contributed by atoms with van der Waals surface area (Å²) in [6.07, 6.45) is 4.77. The summed E-state index contributed by atoms with van der Waals surface area (Å²) in [7, 11) is 1.46. The number of carboxylic acids is 1. The number of methoxy groups -OCH3 is 1. The van der Waals surface area contributed by atoms with E-state index in [1.54, 1.807) is 0 Å². The first-order chi connectivity index (χ1) is 19.0. The lowest BCUT2D eigenvalue weighted by Gasteiger charge is -2.33. The molecular formula is C31H39FN2O6S. The monoisotopic (exact) mass is 586 g/mol. The number of benzene rings is 1. The molecule has 222 valence electrons. The fourth-order valence-electron chi connectivity index (χ4n) is 5.65. The van der Waals surface area contributed by atoms with Crippen LogP contribution in [0.25, 0.3) is 11.3 Å². The molecule has 2 saturated carbocycles. The number of carboxylic acid groups (broad SMARTS) is 1. The maximum absolute atomic E-state index is 14.9. The van der Waals surface area contributed by atoms with Crippen molar-refractivity contribution in [2.24, 2.45) is 16.7 Å². The molecule has 0 bridgehead atoms. The van der Waals surface area contributed by atoms with E-state index in [0.29, 0.717) is 23.1 Å². The van der Waals surface area contributed by atoms with E-state index in [0.717, 1.165) is 37.4 Å². The molecule has 0 radical (unpaired) electrons. The summed E-state index contributed by atoms with van der Waals surface area (Å²) in [5, 5.41) is 13.6. The second-order valence-electron chi connectivity index (χ2n) is 12.3. The van der Waals surface area contributed by atoms with Crippen LogP contribution in [0.15, 0.2) is 41.1 Å². The molecule has 2 fully saturated rings. The Labute approximate surface area is 247 Å². The Balaban J connectivity index is 0.00000387. The van der Waals surface area contributed by atoms with E-state index in [4.69, 9.17) is 18.7 Å². The summed E-state index contributed by atoms with van der Waals surface area (Å²) in [4.78, 5) is 15.4. The average molecular weight is 587 g/mol. The van der Waals surface area contributed by atoms with Gasteiger partial charge in [-0.15, -0.1) is 0 Å². The van der Waals surface area contributed by atoms with Crippen LogP contribution in [-0.2, 0) is 11.4 Å². The average Bonchev–Trinajstić information content (AvgIpc) is 3.63. The van der Waals surface area contributed by atoms with Gasteiger partial charge >= 0.3 is 5.97 Å². The number of hydrogen-bond acceptors (Lipinski definition) is 7. The number of rotatable bonds is 11. The van der Waals surface area contributed by atoms with E-state index < -0.39 is 11.8 Å². The maximum atomic E-state index is 14.9. The van der Waals surface area contributed by atoms with E-state index in [1.807, 2.05) is 24.3 Å².